The predicted octanol–water partition coefficient (Wildman–Crippen LogP) is 3.66. The van der Waals surface area contributed by atoms with Crippen LogP contribution in [-0.4, -0.2) is 65.8 Å². The number of aryl methyl sites for hydroxylation is 1. The molecule has 0 saturated carbocycles. The lowest BCUT2D eigenvalue weighted by atomic mass is 9.79. The molecule has 0 aliphatic carbocycles. The van der Waals surface area contributed by atoms with Crippen LogP contribution in [-0.2, 0) is 16.0 Å². The Balaban J connectivity index is 1.89. The molecule has 1 fully saturated rings. The lowest BCUT2D eigenvalue weighted by Gasteiger charge is -2.33. The first kappa shape index (κ1) is 27.8. The van der Waals surface area contributed by atoms with Gasteiger partial charge in [0.05, 0.1) is 13.0 Å². The summed E-state index contributed by atoms with van der Waals surface area (Å²) in [6.07, 6.45) is 4.38. The molecule has 1 aliphatic heterocycles. The normalized spacial score (nSPS) is 16.5. The van der Waals surface area contributed by atoms with Gasteiger partial charge in [-0.3, -0.25) is 4.79 Å². The number of aliphatic hydroxyl groups excluding tert-OH is 1. The quantitative estimate of drug-likeness (QED) is 0.400. The highest BCUT2D eigenvalue weighted by molar-refractivity contribution is 5.78. The van der Waals surface area contributed by atoms with E-state index in [-0.39, 0.29) is 42.7 Å². The van der Waals surface area contributed by atoms with Crippen molar-refractivity contribution in [2.45, 2.75) is 64.3 Å². The number of carbonyl (C=O) groups excluding carboxylic acids is 1. The molecule has 1 saturated heterocycles. The second-order valence-corrected chi connectivity index (χ2v) is 9.81. The third-order valence-electron chi connectivity index (χ3n) is 7.18. The average Bonchev–Trinajstić information content (AvgIpc) is 2.84. The van der Waals surface area contributed by atoms with E-state index < -0.39 is 5.92 Å². The maximum Gasteiger partial charge on any atom is 0.313 e. The van der Waals surface area contributed by atoms with Crippen LogP contribution in [0.2, 0.25) is 0 Å². The number of likely N-dealkylation sites (tertiary alicyclic amines) is 1. The van der Waals surface area contributed by atoms with Gasteiger partial charge < -0.3 is 25.8 Å². The van der Waals surface area contributed by atoms with Crippen LogP contribution in [0.25, 0.3) is 0 Å². The predicted molar refractivity (Wildman–Crippen MR) is 139 cm³/mol. The average molecular weight is 502 g/mol. The van der Waals surface area contributed by atoms with Crippen LogP contribution < -0.4 is 11.1 Å². The van der Waals surface area contributed by atoms with Gasteiger partial charge in [0, 0.05) is 30.3 Å². The number of anilines is 2. The smallest absolute Gasteiger partial charge is 0.313 e. The molecule has 2 heterocycles. The van der Waals surface area contributed by atoms with Crippen LogP contribution in [0.3, 0.4) is 0 Å². The minimum atomic E-state index is -0.487. The van der Waals surface area contributed by atoms with Gasteiger partial charge in [0.2, 0.25) is 5.95 Å². The molecule has 0 bridgehead atoms. The number of methoxy groups -OCH3 is 1. The topological polar surface area (TPSA) is 114 Å². The van der Waals surface area contributed by atoms with E-state index in [2.05, 4.69) is 34.2 Å². The maximum absolute atomic E-state index is 15.5. The first-order valence-corrected chi connectivity index (χ1v) is 12.8. The van der Waals surface area contributed by atoms with Gasteiger partial charge in [-0.1, -0.05) is 25.5 Å². The number of esters is 1. The van der Waals surface area contributed by atoms with E-state index in [1.807, 2.05) is 13.0 Å². The zero-order valence-electron chi connectivity index (χ0n) is 21.9. The fourth-order valence-electron chi connectivity index (χ4n) is 5.12. The third-order valence-corrected chi connectivity index (χ3v) is 7.18. The van der Waals surface area contributed by atoms with E-state index in [1.54, 1.807) is 6.07 Å². The second-order valence-electron chi connectivity index (χ2n) is 9.81. The number of halogens is 1. The van der Waals surface area contributed by atoms with Crippen molar-refractivity contribution in [3.63, 3.8) is 0 Å². The number of carbonyl (C=O) groups is 1. The Morgan fingerprint density at radius 3 is 2.64 bits per heavy atom. The number of rotatable bonds is 11. The summed E-state index contributed by atoms with van der Waals surface area (Å²) in [5.74, 6) is -0.361. The number of benzene rings is 1. The van der Waals surface area contributed by atoms with E-state index in [0.29, 0.717) is 29.1 Å². The molecule has 1 aromatic carbocycles. The molecular weight excluding hydrogens is 461 g/mol. The van der Waals surface area contributed by atoms with Crippen LogP contribution in [0.4, 0.5) is 16.2 Å². The van der Waals surface area contributed by atoms with Crippen molar-refractivity contribution in [3.8, 4) is 0 Å². The zero-order valence-corrected chi connectivity index (χ0v) is 21.9. The Kier molecular flexibility index (Phi) is 10.0. The van der Waals surface area contributed by atoms with Gasteiger partial charge in [-0.15, -0.1) is 0 Å². The minimum absolute atomic E-state index is 0.0232. The molecule has 1 unspecified atom stereocenters. The van der Waals surface area contributed by atoms with Crippen LogP contribution in [0.1, 0.15) is 67.3 Å². The number of piperidine rings is 1. The Hall–Kier alpha value is -2.78. The number of hydrogen-bond acceptors (Lipinski definition) is 8. The molecule has 2 atom stereocenters. The summed E-state index contributed by atoms with van der Waals surface area (Å²) in [5, 5.41) is 12.8. The van der Waals surface area contributed by atoms with Gasteiger partial charge in [-0.05, 0) is 75.9 Å². The number of nitrogens with two attached hydrogens (primary N) is 1. The molecule has 2 aromatic rings. The summed E-state index contributed by atoms with van der Waals surface area (Å²) in [4.78, 5) is 23.6. The lowest BCUT2D eigenvalue weighted by Crippen LogP contribution is -2.35. The molecule has 1 aliphatic rings. The number of hydrogen-bond donors (Lipinski definition) is 3. The lowest BCUT2D eigenvalue weighted by molar-refractivity contribution is -0.144. The first-order valence-electron chi connectivity index (χ1n) is 12.8. The number of aromatic nitrogens is 2. The standard InChI is InChI=1S/C27H40FN5O3/c1-5-6-21(11-14-34)31-25-22(17(2)30-27(29)32-25)15-19-7-8-20(16-23(19)28)24(26(35)36-4)18-9-12-33(3)13-10-18/h7-8,16,18,21,24,34H,5-6,9-15H2,1-4H3,(H3,29,30,31,32)/t21-,24?/m0/s1. The molecule has 9 heteroatoms. The summed E-state index contributed by atoms with van der Waals surface area (Å²) in [7, 11) is 3.45. The largest absolute Gasteiger partial charge is 0.469 e. The van der Waals surface area contributed by atoms with E-state index in [4.69, 9.17) is 10.5 Å². The molecule has 0 radical (unpaired) electrons. The van der Waals surface area contributed by atoms with Crippen LogP contribution >= 0.6 is 0 Å². The Morgan fingerprint density at radius 2 is 2.03 bits per heavy atom. The maximum atomic E-state index is 15.5. The van der Waals surface area contributed by atoms with Crippen molar-refractivity contribution in [3.05, 3.63) is 46.4 Å². The van der Waals surface area contributed by atoms with Crippen molar-refractivity contribution in [1.29, 1.82) is 0 Å². The van der Waals surface area contributed by atoms with Crippen molar-refractivity contribution in [1.82, 2.24) is 14.9 Å². The number of nitrogen functional groups attached to an aromatic ring is 1. The molecule has 36 heavy (non-hydrogen) atoms. The van der Waals surface area contributed by atoms with Crippen molar-refractivity contribution in [2.24, 2.45) is 5.92 Å². The van der Waals surface area contributed by atoms with E-state index >= 15 is 4.39 Å². The summed E-state index contributed by atoms with van der Waals surface area (Å²) < 4.78 is 20.6. The van der Waals surface area contributed by atoms with Crippen molar-refractivity contribution < 1.29 is 19.0 Å². The van der Waals surface area contributed by atoms with E-state index in [0.717, 1.165) is 44.3 Å². The molecule has 3 rings (SSSR count). The Labute approximate surface area is 213 Å². The molecule has 4 N–H and O–H groups in total. The second kappa shape index (κ2) is 13.0. The van der Waals surface area contributed by atoms with Gasteiger partial charge in [0.1, 0.15) is 11.6 Å². The highest BCUT2D eigenvalue weighted by Crippen LogP contribution is 2.35. The SMILES string of the molecule is CCC[C@@H](CCO)Nc1nc(N)nc(C)c1Cc1ccc(C(C(=O)OC)C2CCN(C)CC2)cc1F. The van der Waals surface area contributed by atoms with Crippen LogP contribution in [0.15, 0.2) is 18.2 Å². The highest BCUT2D eigenvalue weighted by atomic mass is 19.1. The summed E-state index contributed by atoms with van der Waals surface area (Å²) >= 11 is 0. The molecular formula is C27H40FN5O3. The first-order chi connectivity index (χ1) is 17.3. The number of nitrogens with zero attached hydrogens (tertiary/aromatic N) is 3. The molecule has 1 aromatic heterocycles. The monoisotopic (exact) mass is 501 g/mol. The van der Waals surface area contributed by atoms with Gasteiger partial charge >= 0.3 is 5.97 Å². The number of nitrogens with one attached hydrogen (secondary N) is 1. The van der Waals surface area contributed by atoms with Crippen LogP contribution in [0.5, 0.6) is 0 Å². The van der Waals surface area contributed by atoms with E-state index in [9.17, 15) is 9.90 Å². The third kappa shape index (κ3) is 6.91. The number of ether oxygens (including phenoxy) is 1. The summed E-state index contributed by atoms with van der Waals surface area (Å²) in [6.45, 7) is 5.78. The van der Waals surface area contributed by atoms with Gasteiger partial charge in [0.25, 0.3) is 0 Å². The summed E-state index contributed by atoms with van der Waals surface area (Å²) in [5.41, 5.74) is 8.48. The molecule has 0 amide bonds. The summed E-state index contributed by atoms with van der Waals surface area (Å²) in [6, 6.07) is 5.08. The van der Waals surface area contributed by atoms with Gasteiger partial charge in [-0.2, -0.15) is 4.98 Å². The molecule has 198 valence electrons. The van der Waals surface area contributed by atoms with Gasteiger partial charge in [-0.25, -0.2) is 9.37 Å². The minimum Gasteiger partial charge on any atom is -0.469 e. The molecule has 0 spiro atoms. The fraction of sp³-hybridized carbons (Fsp3) is 0.593. The van der Waals surface area contributed by atoms with Crippen molar-refractivity contribution >= 4 is 17.7 Å². The zero-order chi connectivity index (χ0) is 26.2. The van der Waals surface area contributed by atoms with Crippen LogP contribution in [0, 0.1) is 18.7 Å². The highest BCUT2D eigenvalue weighted by Gasteiger charge is 2.33. The molecule has 8 nitrogen and oxygen atoms in total. The van der Waals surface area contributed by atoms with Crippen molar-refractivity contribution in [2.75, 3.05) is 44.9 Å². The fourth-order valence-corrected chi connectivity index (χ4v) is 5.12. The Morgan fingerprint density at radius 1 is 1.31 bits per heavy atom. The van der Waals surface area contributed by atoms with E-state index in [1.165, 1.54) is 13.2 Å². The van der Waals surface area contributed by atoms with Gasteiger partial charge in [0.15, 0.2) is 0 Å². The number of aliphatic hydroxyl groups is 1. The Bertz CT molecular complexity index is 1020.